The largest absolute Gasteiger partial charge is 0.474 e. The molecule has 3 aromatic rings. The number of Topliss-reactive ketones (excluding diaryl/α,β-unsaturated/α-hetero) is 1. The third-order valence-corrected chi connectivity index (χ3v) is 6.11. The molecular formula is C23H21F3N4O2. The van der Waals surface area contributed by atoms with Gasteiger partial charge in [-0.3, -0.25) is 9.36 Å². The normalized spacial score (nSPS) is 20.9. The molecule has 1 aliphatic carbocycles. The fraction of sp³-hybridized carbons (Fsp3) is 0.391. The molecule has 2 aromatic heterocycles. The van der Waals surface area contributed by atoms with E-state index in [1.165, 1.54) is 6.07 Å². The van der Waals surface area contributed by atoms with Crippen molar-refractivity contribution in [1.29, 1.82) is 0 Å². The molecular weight excluding hydrogens is 421 g/mol. The smallest absolute Gasteiger partial charge is 0.416 e. The molecule has 0 amide bonds. The molecule has 0 spiro atoms. The molecule has 0 saturated heterocycles. The van der Waals surface area contributed by atoms with Crippen LogP contribution >= 0.6 is 0 Å². The molecule has 0 atom stereocenters. The number of hydrogen-bond donors (Lipinski definition) is 0. The summed E-state index contributed by atoms with van der Waals surface area (Å²) in [5.74, 6) is 1.70. The maximum absolute atomic E-state index is 13.2. The Bertz CT molecular complexity index is 1140. The van der Waals surface area contributed by atoms with Crippen molar-refractivity contribution < 1.29 is 22.7 Å². The monoisotopic (exact) mass is 442 g/mol. The minimum absolute atomic E-state index is 0.0489. The van der Waals surface area contributed by atoms with E-state index in [1.54, 1.807) is 10.8 Å². The second-order valence-corrected chi connectivity index (χ2v) is 8.30. The van der Waals surface area contributed by atoms with Crippen molar-refractivity contribution in [3.63, 3.8) is 0 Å². The maximum Gasteiger partial charge on any atom is 0.416 e. The van der Waals surface area contributed by atoms with Gasteiger partial charge in [-0.2, -0.15) is 13.2 Å². The Morgan fingerprint density at radius 2 is 1.81 bits per heavy atom. The summed E-state index contributed by atoms with van der Waals surface area (Å²) in [5.41, 5.74) is 0.164. The summed E-state index contributed by atoms with van der Waals surface area (Å²) in [7, 11) is 0. The second-order valence-electron chi connectivity index (χ2n) is 8.30. The highest BCUT2D eigenvalue weighted by Crippen LogP contribution is 2.37. The first kappa shape index (κ1) is 20.7. The van der Waals surface area contributed by atoms with Gasteiger partial charge in [-0.05, 0) is 55.5 Å². The highest BCUT2D eigenvalue weighted by Gasteiger charge is 2.34. The van der Waals surface area contributed by atoms with Crippen LogP contribution in [0.5, 0.6) is 5.88 Å². The zero-order valence-electron chi connectivity index (χ0n) is 17.2. The number of carbonyl (C=O) groups is 1. The van der Waals surface area contributed by atoms with Crippen LogP contribution in [0.2, 0.25) is 0 Å². The number of aromatic nitrogens is 4. The quantitative estimate of drug-likeness (QED) is 0.599. The van der Waals surface area contributed by atoms with E-state index in [0.717, 1.165) is 37.8 Å². The van der Waals surface area contributed by atoms with E-state index in [9.17, 15) is 18.0 Å². The number of hydrogen-bond acceptors (Lipinski definition) is 5. The molecule has 5 rings (SSSR count). The van der Waals surface area contributed by atoms with Crippen molar-refractivity contribution in [2.24, 2.45) is 0 Å². The summed E-state index contributed by atoms with van der Waals surface area (Å²) < 4.78 is 47.4. The predicted molar refractivity (Wildman–Crippen MR) is 109 cm³/mol. The molecule has 0 radical (unpaired) electrons. The first-order chi connectivity index (χ1) is 15.4. The van der Waals surface area contributed by atoms with Gasteiger partial charge in [0.15, 0.2) is 0 Å². The Balaban J connectivity index is 1.41. The van der Waals surface area contributed by atoms with Crippen molar-refractivity contribution in [2.45, 2.75) is 56.7 Å². The lowest BCUT2D eigenvalue weighted by Gasteiger charge is -2.28. The maximum atomic E-state index is 13.2. The lowest BCUT2D eigenvalue weighted by Crippen LogP contribution is -2.25. The Morgan fingerprint density at radius 1 is 1.00 bits per heavy atom. The van der Waals surface area contributed by atoms with Crippen LogP contribution in [0, 0.1) is 0 Å². The summed E-state index contributed by atoms with van der Waals surface area (Å²) >= 11 is 0. The lowest BCUT2D eigenvalue weighted by atomic mass is 9.86. The highest BCUT2D eigenvalue weighted by atomic mass is 19.4. The van der Waals surface area contributed by atoms with Gasteiger partial charge in [0.25, 0.3) is 0 Å². The third kappa shape index (κ3) is 3.99. The number of alkyl halides is 3. The molecule has 1 fully saturated rings. The highest BCUT2D eigenvalue weighted by molar-refractivity contribution is 5.84. The van der Waals surface area contributed by atoms with Crippen LogP contribution in [0.1, 0.15) is 54.4 Å². The van der Waals surface area contributed by atoms with Gasteiger partial charge >= 0.3 is 6.18 Å². The number of ketones is 1. The SMILES string of the molecule is O=C1Cc2cc(C(F)(F)F)ccc2-n2c(nnc2C2CCC(Oc3ccccn3)CC2)C1. The summed E-state index contributed by atoms with van der Waals surface area (Å²) in [5, 5.41) is 8.59. The van der Waals surface area contributed by atoms with Gasteiger partial charge in [-0.25, -0.2) is 4.98 Å². The molecule has 1 saturated carbocycles. The minimum Gasteiger partial charge on any atom is -0.474 e. The molecule has 166 valence electrons. The standard InChI is InChI=1S/C23H21F3N4O2/c24-23(25,26)16-6-9-19-15(11-16)12-17(31)13-20-28-29-22(30(19)20)14-4-7-18(8-5-14)32-21-3-1-2-10-27-21/h1-3,6,9-11,14,18H,4-5,7-8,12-13H2. The Labute approximate surface area is 182 Å². The Morgan fingerprint density at radius 3 is 2.53 bits per heavy atom. The minimum atomic E-state index is -4.46. The lowest BCUT2D eigenvalue weighted by molar-refractivity contribution is -0.137. The number of carbonyl (C=O) groups excluding carboxylic acids is 1. The van der Waals surface area contributed by atoms with Gasteiger partial charge in [0.05, 0.1) is 17.7 Å². The number of rotatable bonds is 3. The van der Waals surface area contributed by atoms with E-state index in [4.69, 9.17) is 4.74 Å². The van der Waals surface area contributed by atoms with Crippen LogP contribution in [-0.2, 0) is 23.8 Å². The first-order valence-electron chi connectivity index (χ1n) is 10.6. The van der Waals surface area contributed by atoms with Gasteiger partial charge in [0.1, 0.15) is 23.5 Å². The van der Waals surface area contributed by atoms with E-state index in [-0.39, 0.29) is 30.6 Å². The van der Waals surface area contributed by atoms with E-state index >= 15 is 0 Å². The summed E-state index contributed by atoms with van der Waals surface area (Å²) in [6, 6.07) is 9.10. The fourth-order valence-corrected chi connectivity index (χ4v) is 4.57. The molecule has 0 bridgehead atoms. The summed E-state index contributed by atoms with van der Waals surface area (Å²) in [6.07, 6.45) is 0.512. The zero-order chi connectivity index (χ0) is 22.3. The van der Waals surface area contributed by atoms with Crippen molar-refractivity contribution in [3.05, 3.63) is 65.4 Å². The van der Waals surface area contributed by atoms with Crippen LogP contribution in [0.4, 0.5) is 13.2 Å². The Kier molecular flexibility index (Phi) is 5.19. The number of fused-ring (bicyclic) bond motifs is 3. The van der Waals surface area contributed by atoms with Gasteiger partial charge in [0, 0.05) is 24.6 Å². The van der Waals surface area contributed by atoms with Crippen molar-refractivity contribution in [1.82, 2.24) is 19.7 Å². The average Bonchev–Trinajstić information content (AvgIpc) is 3.11. The van der Waals surface area contributed by atoms with Gasteiger partial charge in [-0.15, -0.1) is 10.2 Å². The van der Waals surface area contributed by atoms with Crippen molar-refractivity contribution >= 4 is 5.78 Å². The van der Waals surface area contributed by atoms with E-state index in [0.29, 0.717) is 28.8 Å². The molecule has 0 unspecified atom stereocenters. The van der Waals surface area contributed by atoms with E-state index in [2.05, 4.69) is 15.2 Å². The zero-order valence-corrected chi connectivity index (χ0v) is 17.2. The molecule has 2 aliphatic rings. The number of ether oxygens (including phenoxy) is 1. The first-order valence-corrected chi connectivity index (χ1v) is 10.6. The molecule has 9 heteroatoms. The number of pyridine rings is 1. The molecule has 1 aliphatic heterocycles. The number of nitrogens with zero attached hydrogens (tertiary/aromatic N) is 4. The van der Waals surface area contributed by atoms with Gasteiger partial charge < -0.3 is 4.74 Å². The Hall–Kier alpha value is -3.23. The molecule has 6 nitrogen and oxygen atoms in total. The summed E-state index contributed by atoms with van der Waals surface area (Å²) in [6.45, 7) is 0. The predicted octanol–water partition coefficient (Wildman–Crippen LogP) is 4.45. The third-order valence-electron chi connectivity index (χ3n) is 6.11. The van der Waals surface area contributed by atoms with Crippen LogP contribution in [0.15, 0.2) is 42.6 Å². The van der Waals surface area contributed by atoms with Crippen LogP contribution in [0.25, 0.3) is 5.69 Å². The molecule has 3 heterocycles. The topological polar surface area (TPSA) is 69.9 Å². The van der Waals surface area contributed by atoms with Crippen LogP contribution in [-0.4, -0.2) is 31.6 Å². The van der Waals surface area contributed by atoms with E-state index in [1.807, 2.05) is 18.2 Å². The van der Waals surface area contributed by atoms with Crippen LogP contribution < -0.4 is 4.74 Å². The summed E-state index contributed by atoms with van der Waals surface area (Å²) in [4.78, 5) is 16.6. The fourth-order valence-electron chi connectivity index (χ4n) is 4.57. The van der Waals surface area contributed by atoms with Gasteiger partial charge in [0.2, 0.25) is 5.88 Å². The molecule has 0 N–H and O–H groups in total. The van der Waals surface area contributed by atoms with Crippen molar-refractivity contribution in [3.8, 4) is 11.6 Å². The van der Waals surface area contributed by atoms with E-state index < -0.39 is 11.7 Å². The molecule has 32 heavy (non-hydrogen) atoms. The number of benzene rings is 1. The molecule has 1 aromatic carbocycles. The van der Waals surface area contributed by atoms with Gasteiger partial charge in [-0.1, -0.05) is 6.07 Å². The van der Waals surface area contributed by atoms with Crippen LogP contribution in [0.3, 0.4) is 0 Å². The number of halogens is 3. The van der Waals surface area contributed by atoms with Crippen molar-refractivity contribution in [2.75, 3.05) is 0 Å². The second kappa shape index (κ2) is 8.03. The average molecular weight is 442 g/mol.